The summed E-state index contributed by atoms with van der Waals surface area (Å²) < 4.78 is 14.4. The Hall–Kier alpha value is -2.90. The molecule has 0 N–H and O–H groups in total. The molecule has 0 heterocycles. The first-order valence-corrected chi connectivity index (χ1v) is 35.1. The number of allylic oxidation sites excluding steroid dienone is 2. The molecule has 0 radical (unpaired) electrons. The fourth-order valence-corrected chi connectivity index (χ4v) is 53.2. The van der Waals surface area contributed by atoms with Gasteiger partial charge in [-0.25, -0.2) is 0 Å². The van der Waals surface area contributed by atoms with Crippen molar-refractivity contribution < 1.29 is 15.1 Å². The molecule has 2 unspecified atom stereocenters. The summed E-state index contributed by atoms with van der Waals surface area (Å²) in [7, 11) is 0. The van der Waals surface area contributed by atoms with E-state index in [9.17, 15) is 0 Å². The van der Waals surface area contributed by atoms with Crippen LogP contribution in [0.25, 0.3) is 34.4 Å². The molecule has 0 fully saturated rings. The van der Waals surface area contributed by atoms with Crippen LogP contribution in [0, 0.1) is 13.8 Å². The average molecular weight is 719 g/mol. The minimum absolute atomic E-state index is 0.330. The number of hydrogen-bond acceptors (Lipinski definition) is 0. The van der Waals surface area contributed by atoms with Crippen molar-refractivity contribution in [2.24, 2.45) is 0 Å². The summed E-state index contributed by atoms with van der Waals surface area (Å²) in [5.74, 6) is 0. The molecule has 0 saturated carbocycles. The van der Waals surface area contributed by atoms with Gasteiger partial charge >= 0.3 is 250 Å². The van der Waals surface area contributed by atoms with Crippen molar-refractivity contribution in [3.05, 3.63) is 130 Å². The first-order chi connectivity index (χ1) is 19.9. The predicted octanol–water partition coefficient (Wildman–Crippen LogP) is 12.4. The second kappa shape index (κ2) is 9.06. The van der Waals surface area contributed by atoms with Crippen LogP contribution < -0.4 is 0 Å². The summed E-state index contributed by atoms with van der Waals surface area (Å²) in [4.78, 5) is 0. The molecular formula is C41H48Hf. The van der Waals surface area contributed by atoms with Crippen LogP contribution in [0.3, 0.4) is 0 Å². The number of benzene rings is 4. The minimum atomic E-state index is -5.25. The van der Waals surface area contributed by atoms with Gasteiger partial charge in [0.1, 0.15) is 0 Å². The molecule has 0 bridgehead atoms. The van der Waals surface area contributed by atoms with E-state index in [2.05, 4.69) is 146 Å². The second-order valence-corrected chi connectivity index (χ2v) is 66.9. The third-order valence-electron chi connectivity index (χ3n) is 12.4. The van der Waals surface area contributed by atoms with Crippen molar-refractivity contribution in [2.75, 3.05) is 0 Å². The molecule has 42 heavy (non-hydrogen) atoms. The van der Waals surface area contributed by atoms with Gasteiger partial charge in [-0.15, -0.1) is 0 Å². The van der Waals surface area contributed by atoms with Crippen LogP contribution in [-0.2, 0) is 15.1 Å². The Kier molecular flexibility index (Phi) is 6.29. The third-order valence-corrected chi connectivity index (χ3v) is 57.1. The third kappa shape index (κ3) is 3.92. The Morgan fingerprint density at radius 2 is 0.929 bits per heavy atom. The SMILES string of the molecule is [CH2]=[Hf]([CH3])([CH3])([CH2]CC)([CH2]CC)([CH]1C=Cc2c(-c3ccccc3C)cccc21)[CH]1C=Cc2c(-c3ccccc3C)cccc21. The van der Waals surface area contributed by atoms with Crippen molar-refractivity contribution in [3.63, 3.8) is 0 Å². The van der Waals surface area contributed by atoms with Gasteiger partial charge in [-0.1, -0.05) is 0 Å². The average Bonchev–Trinajstić information content (AvgIpc) is 3.61. The van der Waals surface area contributed by atoms with Crippen molar-refractivity contribution in [3.8, 4) is 22.3 Å². The van der Waals surface area contributed by atoms with Crippen LogP contribution in [0.5, 0.6) is 0 Å². The summed E-state index contributed by atoms with van der Waals surface area (Å²) in [6, 6.07) is 31.8. The summed E-state index contributed by atoms with van der Waals surface area (Å²) in [5, 5.41) is 0. The zero-order valence-electron chi connectivity index (χ0n) is 26.6. The first-order valence-electron chi connectivity index (χ1n) is 16.2. The number of hydrogen-bond donors (Lipinski definition) is 0. The van der Waals surface area contributed by atoms with E-state index in [-0.39, 0.29) is 0 Å². The summed E-state index contributed by atoms with van der Waals surface area (Å²) in [6.45, 7) is 9.27. The zero-order valence-corrected chi connectivity index (χ0v) is 30.2. The van der Waals surface area contributed by atoms with E-state index in [0.29, 0.717) is 7.35 Å². The molecule has 2 aliphatic carbocycles. The van der Waals surface area contributed by atoms with Gasteiger partial charge in [0.05, 0.1) is 0 Å². The molecule has 6 rings (SSSR count). The molecule has 0 spiro atoms. The maximum absolute atomic E-state index is 5.84. The molecule has 2 atom stereocenters. The van der Waals surface area contributed by atoms with Crippen LogP contribution in [0.1, 0.15) is 67.4 Å². The quantitative estimate of drug-likeness (QED) is 0.159. The van der Waals surface area contributed by atoms with E-state index >= 15 is 0 Å². The van der Waals surface area contributed by atoms with Crippen LogP contribution in [-0.4, -0.2) is 4.26 Å². The molecule has 0 aliphatic heterocycles. The van der Waals surface area contributed by atoms with Crippen LogP contribution in [0.2, 0.25) is 17.7 Å². The fraction of sp³-hybridized carbons (Fsp3) is 0.293. The normalized spacial score (nSPS) is 19.9. The van der Waals surface area contributed by atoms with E-state index < -0.39 is 15.1 Å². The second-order valence-electron chi connectivity index (χ2n) is 16.3. The number of fused-ring (bicyclic) bond motifs is 2. The molecule has 4 aromatic rings. The van der Waals surface area contributed by atoms with Crippen molar-refractivity contribution >= 4 is 16.4 Å². The van der Waals surface area contributed by atoms with Gasteiger partial charge in [0.2, 0.25) is 0 Å². The van der Waals surface area contributed by atoms with Crippen LogP contribution in [0.15, 0.2) is 97.1 Å². The Bertz CT molecular complexity index is 1780. The summed E-state index contributed by atoms with van der Waals surface area (Å²) in [5.41, 5.74) is 13.9. The van der Waals surface area contributed by atoms with Gasteiger partial charge in [0.15, 0.2) is 0 Å². The Morgan fingerprint density at radius 3 is 1.31 bits per heavy atom. The first kappa shape index (κ1) is 29.2. The zero-order chi connectivity index (χ0) is 29.9. The summed E-state index contributed by atoms with van der Waals surface area (Å²) in [6.07, 6.45) is 12.4. The maximum atomic E-state index is 5.84. The Labute approximate surface area is 248 Å². The molecule has 0 nitrogen and oxygen atoms in total. The number of rotatable bonds is 8. The molecule has 2 aliphatic rings. The molecule has 4 aromatic carbocycles. The Balaban J connectivity index is 1.63. The molecule has 1 heteroatoms. The van der Waals surface area contributed by atoms with Gasteiger partial charge in [0, 0.05) is 0 Å². The van der Waals surface area contributed by atoms with E-state index in [4.69, 9.17) is 4.26 Å². The van der Waals surface area contributed by atoms with Crippen LogP contribution >= 0.6 is 0 Å². The molecule has 0 saturated heterocycles. The van der Waals surface area contributed by atoms with Gasteiger partial charge in [-0.05, 0) is 0 Å². The molecule has 0 aromatic heterocycles. The van der Waals surface area contributed by atoms with Gasteiger partial charge in [-0.2, -0.15) is 0 Å². The monoisotopic (exact) mass is 720 g/mol. The summed E-state index contributed by atoms with van der Waals surface area (Å²) >= 11 is -5.25. The molecule has 216 valence electrons. The number of aryl methyl sites for hydroxylation is 2. The standard InChI is InChI=1S/2C16H13.2C3H7.2CH3.CH2.Hf/c2*1-12-6-2-3-9-14(12)16-11-5-8-13-7-4-10-15(13)16;2*1-3-2;;;;/h2*2-11H,1H3;2*1,3H2,2H3;2*1H3;1H2;. The topological polar surface area (TPSA) is 0 Å². The van der Waals surface area contributed by atoms with Crippen molar-refractivity contribution in [1.29, 1.82) is 0 Å². The van der Waals surface area contributed by atoms with Crippen LogP contribution in [0.4, 0.5) is 0 Å². The van der Waals surface area contributed by atoms with Gasteiger partial charge < -0.3 is 0 Å². The van der Waals surface area contributed by atoms with E-state index in [1.165, 1.54) is 64.0 Å². The van der Waals surface area contributed by atoms with Gasteiger partial charge in [-0.3, -0.25) is 0 Å². The molecular weight excluding hydrogens is 671 g/mol. The van der Waals surface area contributed by atoms with E-state index in [1.807, 2.05) is 0 Å². The predicted molar refractivity (Wildman–Crippen MR) is 186 cm³/mol. The van der Waals surface area contributed by atoms with Crippen molar-refractivity contribution in [1.82, 2.24) is 0 Å². The fourth-order valence-electron chi connectivity index (χ4n) is 10.5. The van der Waals surface area contributed by atoms with E-state index in [1.54, 1.807) is 0 Å². The molecule has 0 amide bonds. The Morgan fingerprint density at radius 1 is 0.548 bits per heavy atom. The van der Waals surface area contributed by atoms with Crippen molar-refractivity contribution in [2.45, 2.75) is 65.6 Å². The van der Waals surface area contributed by atoms with Gasteiger partial charge in [0.25, 0.3) is 0 Å². The van der Waals surface area contributed by atoms with E-state index in [0.717, 1.165) is 12.8 Å².